The van der Waals surface area contributed by atoms with Gasteiger partial charge in [0.2, 0.25) is 19.7 Å². The maximum absolute atomic E-state index is 13.0. The number of sulfone groups is 2. The van der Waals surface area contributed by atoms with E-state index in [-0.39, 0.29) is 19.6 Å². The molecule has 0 saturated heterocycles. The number of hydrogen-bond acceptors (Lipinski definition) is 4. The minimum atomic E-state index is -3.84. The van der Waals surface area contributed by atoms with E-state index >= 15 is 0 Å². The smallest absolute Gasteiger partial charge is 0.209 e. The Labute approximate surface area is 130 Å². The lowest BCUT2D eigenvalue weighted by Gasteiger charge is -2.25. The Kier molecular flexibility index (Phi) is 3.07. The molecule has 0 bridgehead atoms. The highest BCUT2D eigenvalue weighted by Crippen LogP contribution is 2.44. The fourth-order valence-electron chi connectivity index (χ4n) is 3.00. The topological polar surface area (TPSA) is 68.3 Å². The molecule has 116 valence electrons. The van der Waals surface area contributed by atoms with E-state index in [0.717, 1.165) is 11.1 Å². The molecule has 0 spiro atoms. The third kappa shape index (κ3) is 1.68. The Hall–Kier alpha value is -1.66. The molecule has 1 aliphatic rings. The van der Waals surface area contributed by atoms with Gasteiger partial charge >= 0.3 is 0 Å². The molecule has 0 amide bonds. The van der Waals surface area contributed by atoms with Crippen molar-refractivity contribution in [2.75, 3.05) is 0 Å². The molecule has 6 heteroatoms. The molecule has 0 radical (unpaired) electrons. The lowest BCUT2D eigenvalue weighted by atomic mass is 9.99. The fraction of sp³-hybridized carbons (Fsp3) is 0.250. The standard InChI is InChI=1S/C16H16O4S2/c1-9-10(2)12(4)16-15(11(9)3)21(17,18)13-7-5-6-8-14(13)22(16,19)20/h5-8H,1-4H3. The average Bonchev–Trinajstić information content (AvgIpc) is 2.47. The molecule has 1 aliphatic heterocycles. The normalized spacial score (nSPS) is 17.6. The average molecular weight is 336 g/mol. The van der Waals surface area contributed by atoms with Crippen LogP contribution >= 0.6 is 0 Å². The molecule has 0 aliphatic carbocycles. The van der Waals surface area contributed by atoms with Crippen molar-refractivity contribution < 1.29 is 16.8 Å². The summed E-state index contributed by atoms with van der Waals surface area (Å²) in [6.07, 6.45) is 0. The molecule has 0 aromatic heterocycles. The van der Waals surface area contributed by atoms with Gasteiger partial charge in [-0.25, -0.2) is 16.8 Å². The van der Waals surface area contributed by atoms with E-state index < -0.39 is 19.7 Å². The lowest BCUT2D eigenvalue weighted by Crippen LogP contribution is -2.23. The summed E-state index contributed by atoms with van der Waals surface area (Å²) >= 11 is 0. The molecule has 0 fully saturated rings. The van der Waals surface area contributed by atoms with Crippen molar-refractivity contribution in [3.8, 4) is 0 Å². The number of benzene rings is 2. The summed E-state index contributed by atoms with van der Waals surface area (Å²) in [5, 5.41) is 0. The largest absolute Gasteiger partial charge is 0.218 e. The molecule has 2 aromatic carbocycles. The van der Waals surface area contributed by atoms with Crippen LogP contribution in [0.5, 0.6) is 0 Å². The van der Waals surface area contributed by atoms with Crippen LogP contribution < -0.4 is 0 Å². The quantitative estimate of drug-likeness (QED) is 0.633. The molecule has 3 rings (SSSR count). The highest BCUT2D eigenvalue weighted by molar-refractivity contribution is 7.97. The van der Waals surface area contributed by atoms with Gasteiger partial charge in [-0.3, -0.25) is 0 Å². The third-order valence-electron chi connectivity index (χ3n) is 4.54. The summed E-state index contributed by atoms with van der Waals surface area (Å²) in [5.74, 6) is 0. The van der Waals surface area contributed by atoms with Gasteiger partial charge in [-0.2, -0.15) is 0 Å². The van der Waals surface area contributed by atoms with Crippen molar-refractivity contribution in [3.05, 3.63) is 46.5 Å². The number of hydrogen-bond donors (Lipinski definition) is 0. The van der Waals surface area contributed by atoms with Crippen molar-refractivity contribution in [1.82, 2.24) is 0 Å². The first-order valence-electron chi connectivity index (χ1n) is 6.81. The number of rotatable bonds is 0. The van der Waals surface area contributed by atoms with Crippen molar-refractivity contribution in [2.24, 2.45) is 0 Å². The molecule has 0 atom stereocenters. The Bertz CT molecular complexity index is 946. The van der Waals surface area contributed by atoms with Gasteiger partial charge < -0.3 is 0 Å². The van der Waals surface area contributed by atoms with Crippen molar-refractivity contribution in [3.63, 3.8) is 0 Å². The summed E-state index contributed by atoms with van der Waals surface area (Å²) in [7, 11) is -7.69. The molecule has 0 N–H and O–H groups in total. The molecule has 22 heavy (non-hydrogen) atoms. The van der Waals surface area contributed by atoms with Crippen LogP contribution in [0.4, 0.5) is 0 Å². The molecule has 2 aromatic rings. The van der Waals surface area contributed by atoms with E-state index in [4.69, 9.17) is 0 Å². The molecular weight excluding hydrogens is 320 g/mol. The Morgan fingerprint density at radius 3 is 1.23 bits per heavy atom. The van der Waals surface area contributed by atoms with Gasteiger partial charge in [0.25, 0.3) is 0 Å². The molecular formula is C16H16O4S2. The van der Waals surface area contributed by atoms with E-state index in [0.29, 0.717) is 11.1 Å². The molecule has 4 nitrogen and oxygen atoms in total. The summed E-state index contributed by atoms with van der Waals surface area (Å²) in [6.45, 7) is 6.98. The molecule has 1 heterocycles. The zero-order valence-electron chi connectivity index (χ0n) is 12.8. The van der Waals surface area contributed by atoms with Gasteiger partial charge in [0.15, 0.2) is 0 Å². The summed E-state index contributed by atoms with van der Waals surface area (Å²) in [4.78, 5) is -0.389. The fourth-order valence-corrected chi connectivity index (χ4v) is 7.85. The van der Waals surface area contributed by atoms with E-state index in [1.807, 2.05) is 13.8 Å². The van der Waals surface area contributed by atoms with Crippen molar-refractivity contribution in [1.29, 1.82) is 0 Å². The minimum Gasteiger partial charge on any atom is -0.218 e. The Morgan fingerprint density at radius 1 is 0.591 bits per heavy atom. The Balaban J connectivity index is 2.67. The van der Waals surface area contributed by atoms with Gasteiger partial charge in [0, 0.05) is 0 Å². The SMILES string of the molecule is Cc1c(C)c(C)c2c(c1C)S(=O)(=O)c1ccccc1S2(=O)=O. The van der Waals surface area contributed by atoms with Crippen molar-refractivity contribution >= 4 is 19.7 Å². The number of fused-ring (bicyclic) bond motifs is 2. The zero-order valence-corrected chi connectivity index (χ0v) is 14.4. The van der Waals surface area contributed by atoms with Crippen LogP contribution in [0.25, 0.3) is 0 Å². The second-order valence-electron chi connectivity index (χ2n) is 5.61. The van der Waals surface area contributed by atoms with Gasteiger partial charge in [-0.05, 0) is 62.1 Å². The van der Waals surface area contributed by atoms with Crippen LogP contribution in [0.3, 0.4) is 0 Å². The molecule has 0 saturated carbocycles. The van der Waals surface area contributed by atoms with Crippen LogP contribution in [0.15, 0.2) is 43.8 Å². The summed E-state index contributed by atoms with van der Waals surface area (Å²) in [5.41, 5.74) is 2.65. The van der Waals surface area contributed by atoms with Gasteiger partial charge in [0.05, 0.1) is 19.6 Å². The second kappa shape index (κ2) is 4.43. The minimum absolute atomic E-state index is 0.0631. The van der Waals surface area contributed by atoms with E-state index in [9.17, 15) is 16.8 Å². The van der Waals surface area contributed by atoms with Crippen LogP contribution in [0.2, 0.25) is 0 Å². The predicted molar refractivity (Wildman–Crippen MR) is 82.7 cm³/mol. The zero-order chi connectivity index (χ0) is 16.4. The first-order valence-corrected chi connectivity index (χ1v) is 9.78. The maximum Gasteiger partial charge on any atom is 0.209 e. The van der Waals surface area contributed by atoms with Gasteiger partial charge in [-0.15, -0.1) is 0 Å². The highest BCUT2D eigenvalue weighted by atomic mass is 32.2. The van der Waals surface area contributed by atoms with Crippen molar-refractivity contribution in [2.45, 2.75) is 47.3 Å². The van der Waals surface area contributed by atoms with Crippen LogP contribution in [0, 0.1) is 27.7 Å². The maximum atomic E-state index is 13.0. The second-order valence-corrected chi connectivity index (χ2v) is 9.32. The Morgan fingerprint density at radius 2 is 0.909 bits per heavy atom. The van der Waals surface area contributed by atoms with E-state index in [1.54, 1.807) is 26.0 Å². The van der Waals surface area contributed by atoms with Gasteiger partial charge in [0.1, 0.15) is 0 Å². The van der Waals surface area contributed by atoms with Crippen LogP contribution in [-0.4, -0.2) is 16.8 Å². The van der Waals surface area contributed by atoms with E-state index in [1.165, 1.54) is 12.1 Å². The monoisotopic (exact) mass is 336 g/mol. The highest BCUT2D eigenvalue weighted by Gasteiger charge is 2.42. The first-order chi connectivity index (χ1) is 10.1. The molecule has 0 unspecified atom stereocenters. The first kappa shape index (κ1) is 15.2. The third-order valence-corrected chi connectivity index (χ3v) is 8.76. The lowest BCUT2D eigenvalue weighted by molar-refractivity contribution is 0.567. The van der Waals surface area contributed by atoms with Gasteiger partial charge in [-0.1, -0.05) is 12.1 Å². The summed E-state index contributed by atoms with van der Waals surface area (Å²) in [6, 6.07) is 5.80. The van der Waals surface area contributed by atoms with Crippen LogP contribution in [0.1, 0.15) is 22.3 Å². The van der Waals surface area contributed by atoms with Crippen LogP contribution in [-0.2, 0) is 19.7 Å². The summed E-state index contributed by atoms with van der Waals surface area (Å²) < 4.78 is 51.8. The predicted octanol–water partition coefficient (Wildman–Crippen LogP) is 2.90. The van der Waals surface area contributed by atoms with E-state index in [2.05, 4.69) is 0 Å².